The van der Waals surface area contributed by atoms with Gasteiger partial charge in [-0.2, -0.15) is 0 Å². The van der Waals surface area contributed by atoms with Gasteiger partial charge in [0.1, 0.15) is 12.1 Å². The van der Waals surface area contributed by atoms with Crippen molar-refractivity contribution >= 4 is 52.4 Å². The van der Waals surface area contributed by atoms with Gasteiger partial charge >= 0.3 is 0 Å². The SMILES string of the molecule is NCC[C@H](NC(=O)C1Cc2ccccc2CN1C(=O)CCC(=O)c1ccccc1)C(=O)Nc1ccc(Cl)c(Cl)c1. The van der Waals surface area contributed by atoms with E-state index in [1.165, 1.54) is 11.0 Å². The van der Waals surface area contributed by atoms with Crippen LogP contribution in [0.25, 0.3) is 0 Å². The maximum atomic E-state index is 13.6. The van der Waals surface area contributed by atoms with Gasteiger partial charge in [0, 0.05) is 37.1 Å². The molecule has 2 atom stereocenters. The molecule has 8 nitrogen and oxygen atoms in total. The zero-order valence-electron chi connectivity index (χ0n) is 21.7. The highest BCUT2D eigenvalue weighted by Crippen LogP contribution is 2.26. The molecule has 40 heavy (non-hydrogen) atoms. The van der Waals surface area contributed by atoms with Crippen molar-refractivity contribution in [1.29, 1.82) is 0 Å². The van der Waals surface area contributed by atoms with E-state index in [1.54, 1.807) is 36.4 Å². The molecule has 1 aliphatic rings. The van der Waals surface area contributed by atoms with E-state index >= 15 is 0 Å². The first-order chi connectivity index (χ1) is 19.3. The standard InChI is InChI=1S/C30H30Cl2N4O4/c31-23-11-10-22(17-24(23)32)34-29(39)25(14-15-33)35-30(40)26-16-20-8-4-5-9-21(20)18-36(26)28(38)13-12-27(37)19-6-2-1-3-7-19/h1-11,17,25-26H,12-16,18,33H2,(H,34,39)(H,35,40)/t25-,26?/m0/s1. The Hall–Kier alpha value is -3.72. The molecule has 10 heteroatoms. The first kappa shape index (κ1) is 29.3. The van der Waals surface area contributed by atoms with Gasteiger partial charge in [0.25, 0.3) is 0 Å². The van der Waals surface area contributed by atoms with Crippen LogP contribution in [-0.4, -0.2) is 47.0 Å². The molecule has 1 heterocycles. The summed E-state index contributed by atoms with van der Waals surface area (Å²) in [5.74, 6) is -1.40. The third-order valence-corrected chi connectivity index (χ3v) is 7.55. The Morgan fingerprint density at radius 1 is 0.900 bits per heavy atom. The van der Waals surface area contributed by atoms with Crippen molar-refractivity contribution in [2.75, 3.05) is 11.9 Å². The second-order valence-corrected chi connectivity index (χ2v) is 10.4. The number of hydrogen-bond acceptors (Lipinski definition) is 5. The lowest BCUT2D eigenvalue weighted by atomic mass is 9.92. The molecule has 1 aliphatic heterocycles. The number of nitrogens with zero attached hydrogens (tertiary/aromatic N) is 1. The van der Waals surface area contributed by atoms with Gasteiger partial charge in [0.15, 0.2) is 5.78 Å². The molecule has 3 amide bonds. The van der Waals surface area contributed by atoms with Crippen molar-refractivity contribution < 1.29 is 19.2 Å². The highest BCUT2D eigenvalue weighted by molar-refractivity contribution is 6.42. The molecule has 208 valence electrons. The van der Waals surface area contributed by atoms with Crippen molar-refractivity contribution in [3.8, 4) is 0 Å². The third kappa shape index (κ3) is 7.27. The zero-order valence-corrected chi connectivity index (χ0v) is 23.3. The fourth-order valence-electron chi connectivity index (χ4n) is 4.66. The summed E-state index contributed by atoms with van der Waals surface area (Å²) in [7, 11) is 0. The number of benzene rings is 3. The number of ketones is 1. The van der Waals surface area contributed by atoms with Crippen LogP contribution >= 0.6 is 23.2 Å². The van der Waals surface area contributed by atoms with E-state index in [1.807, 2.05) is 30.3 Å². The number of hydrogen-bond donors (Lipinski definition) is 3. The van der Waals surface area contributed by atoms with Crippen molar-refractivity contribution in [3.63, 3.8) is 0 Å². The van der Waals surface area contributed by atoms with Gasteiger partial charge in [-0.15, -0.1) is 0 Å². The number of nitrogens with one attached hydrogen (secondary N) is 2. The second-order valence-electron chi connectivity index (χ2n) is 9.56. The lowest BCUT2D eigenvalue weighted by Crippen LogP contribution is -2.56. The molecule has 3 aromatic rings. The average molecular weight is 582 g/mol. The van der Waals surface area contributed by atoms with Crippen LogP contribution in [0, 0.1) is 0 Å². The van der Waals surface area contributed by atoms with Crippen LogP contribution in [0.2, 0.25) is 10.0 Å². The summed E-state index contributed by atoms with van der Waals surface area (Å²) in [6, 6.07) is 19.2. The topological polar surface area (TPSA) is 122 Å². The van der Waals surface area contributed by atoms with E-state index in [0.29, 0.717) is 16.3 Å². The number of rotatable bonds is 10. The molecule has 0 aliphatic carbocycles. The van der Waals surface area contributed by atoms with Crippen LogP contribution in [0.1, 0.15) is 40.7 Å². The van der Waals surface area contributed by atoms with Gasteiger partial charge in [0.05, 0.1) is 10.0 Å². The molecule has 0 aromatic heterocycles. The minimum atomic E-state index is -0.944. The Balaban J connectivity index is 1.49. The first-order valence-electron chi connectivity index (χ1n) is 13.0. The number of carbonyl (C=O) groups is 4. The van der Waals surface area contributed by atoms with Crippen LogP contribution in [0.5, 0.6) is 0 Å². The number of carbonyl (C=O) groups excluding carboxylic acids is 4. The summed E-state index contributed by atoms with van der Waals surface area (Å²) in [6.45, 7) is 0.376. The Labute approximate surface area is 242 Å². The Bertz CT molecular complexity index is 1400. The maximum Gasteiger partial charge on any atom is 0.247 e. The maximum absolute atomic E-state index is 13.6. The van der Waals surface area contributed by atoms with Gasteiger partial charge in [-0.25, -0.2) is 0 Å². The van der Waals surface area contributed by atoms with Gasteiger partial charge in [0.2, 0.25) is 17.7 Å². The minimum absolute atomic E-state index is 0.0250. The quantitative estimate of drug-likeness (QED) is 0.307. The molecule has 0 bridgehead atoms. The van der Waals surface area contributed by atoms with Crippen LogP contribution in [0.4, 0.5) is 5.69 Å². The Kier molecular flexibility index (Phi) is 9.93. The summed E-state index contributed by atoms with van der Waals surface area (Å²) in [5.41, 5.74) is 8.58. The van der Waals surface area contributed by atoms with Crippen LogP contribution < -0.4 is 16.4 Å². The van der Waals surface area contributed by atoms with Crippen LogP contribution in [0.15, 0.2) is 72.8 Å². The summed E-state index contributed by atoms with van der Waals surface area (Å²) in [6.07, 6.45) is 0.451. The minimum Gasteiger partial charge on any atom is -0.342 e. The Morgan fingerprint density at radius 3 is 2.30 bits per heavy atom. The van der Waals surface area contributed by atoms with Gasteiger partial charge in [-0.05, 0) is 42.3 Å². The van der Waals surface area contributed by atoms with Crippen molar-refractivity contribution in [2.24, 2.45) is 5.73 Å². The number of Topliss-reactive ketones (excluding diaryl/α,β-unsaturated/α-hetero) is 1. The predicted molar refractivity (Wildman–Crippen MR) is 155 cm³/mol. The molecule has 0 saturated heterocycles. The molecular formula is C30H30Cl2N4O4. The molecule has 0 radical (unpaired) electrons. The third-order valence-electron chi connectivity index (χ3n) is 6.81. The summed E-state index contributed by atoms with van der Waals surface area (Å²) in [5, 5.41) is 6.14. The largest absolute Gasteiger partial charge is 0.342 e. The molecular weight excluding hydrogens is 551 g/mol. The van der Waals surface area contributed by atoms with E-state index in [4.69, 9.17) is 28.9 Å². The lowest BCUT2D eigenvalue weighted by Gasteiger charge is -2.36. The molecule has 3 aromatic carbocycles. The Morgan fingerprint density at radius 2 is 1.60 bits per heavy atom. The highest BCUT2D eigenvalue weighted by Gasteiger charge is 2.36. The van der Waals surface area contributed by atoms with E-state index in [-0.39, 0.29) is 55.5 Å². The van der Waals surface area contributed by atoms with Gasteiger partial charge in [-0.1, -0.05) is 77.8 Å². The molecule has 0 fully saturated rings. The monoisotopic (exact) mass is 580 g/mol. The molecule has 0 spiro atoms. The fourth-order valence-corrected chi connectivity index (χ4v) is 4.96. The number of fused-ring (bicyclic) bond motifs is 1. The first-order valence-corrected chi connectivity index (χ1v) is 13.7. The van der Waals surface area contributed by atoms with Crippen molar-refractivity contribution in [3.05, 3.63) is 99.5 Å². The smallest absolute Gasteiger partial charge is 0.247 e. The number of anilines is 1. The average Bonchev–Trinajstić information content (AvgIpc) is 2.97. The van der Waals surface area contributed by atoms with Crippen LogP contribution in [-0.2, 0) is 27.3 Å². The van der Waals surface area contributed by atoms with Gasteiger partial charge in [-0.3, -0.25) is 19.2 Å². The number of halogens is 2. The van der Waals surface area contributed by atoms with E-state index in [9.17, 15) is 19.2 Å². The molecule has 0 saturated carbocycles. The van der Waals surface area contributed by atoms with Crippen LogP contribution in [0.3, 0.4) is 0 Å². The normalized spacial score (nSPS) is 15.1. The number of amides is 3. The summed E-state index contributed by atoms with van der Waals surface area (Å²) >= 11 is 12.0. The van der Waals surface area contributed by atoms with E-state index in [0.717, 1.165) is 11.1 Å². The van der Waals surface area contributed by atoms with E-state index in [2.05, 4.69) is 10.6 Å². The second kappa shape index (κ2) is 13.6. The fraction of sp³-hybridized carbons (Fsp3) is 0.267. The van der Waals surface area contributed by atoms with Crippen molar-refractivity contribution in [1.82, 2.24) is 10.2 Å². The molecule has 4 N–H and O–H groups in total. The molecule has 4 rings (SSSR count). The van der Waals surface area contributed by atoms with E-state index < -0.39 is 23.9 Å². The molecule has 1 unspecified atom stereocenters. The van der Waals surface area contributed by atoms with Crippen molar-refractivity contribution in [2.45, 2.75) is 44.3 Å². The van der Waals surface area contributed by atoms with Gasteiger partial charge < -0.3 is 21.3 Å². The summed E-state index contributed by atoms with van der Waals surface area (Å²) in [4.78, 5) is 54.1. The highest BCUT2D eigenvalue weighted by atomic mass is 35.5. The lowest BCUT2D eigenvalue weighted by molar-refractivity contribution is -0.142. The number of nitrogens with two attached hydrogens (primary N) is 1. The summed E-state index contributed by atoms with van der Waals surface area (Å²) < 4.78 is 0. The zero-order chi connectivity index (χ0) is 28.6. The predicted octanol–water partition coefficient (Wildman–Crippen LogP) is 4.38.